The van der Waals surface area contributed by atoms with Crippen LogP contribution in [0.5, 0.6) is 0 Å². The first-order valence-corrected chi connectivity index (χ1v) is 6.37. The summed E-state index contributed by atoms with van der Waals surface area (Å²) in [5.74, 6) is 0.977. The van der Waals surface area contributed by atoms with Crippen LogP contribution in [0.4, 0.5) is 0 Å². The SMILES string of the molecule is C[C@H](NCc1ccc(Br)s1)c1ccco1. The number of thiophene rings is 1. The number of rotatable bonds is 4. The fourth-order valence-corrected chi connectivity index (χ4v) is 2.77. The van der Waals surface area contributed by atoms with Gasteiger partial charge in [0, 0.05) is 11.4 Å². The van der Waals surface area contributed by atoms with Crippen LogP contribution in [0.15, 0.2) is 38.7 Å². The second-order valence-electron chi connectivity index (χ2n) is 3.32. The lowest BCUT2D eigenvalue weighted by Crippen LogP contribution is -2.16. The van der Waals surface area contributed by atoms with Gasteiger partial charge in [-0.1, -0.05) is 0 Å². The van der Waals surface area contributed by atoms with Gasteiger partial charge in [0.2, 0.25) is 0 Å². The molecule has 0 saturated carbocycles. The van der Waals surface area contributed by atoms with E-state index in [1.54, 1.807) is 17.6 Å². The number of furan rings is 1. The number of hydrogen-bond acceptors (Lipinski definition) is 3. The minimum Gasteiger partial charge on any atom is -0.468 e. The monoisotopic (exact) mass is 285 g/mol. The molecule has 0 fully saturated rings. The molecule has 0 aliphatic rings. The van der Waals surface area contributed by atoms with Gasteiger partial charge in [-0.15, -0.1) is 11.3 Å². The van der Waals surface area contributed by atoms with Crippen LogP contribution < -0.4 is 5.32 Å². The van der Waals surface area contributed by atoms with E-state index in [4.69, 9.17) is 4.42 Å². The van der Waals surface area contributed by atoms with E-state index in [1.807, 2.05) is 12.1 Å². The van der Waals surface area contributed by atoms with E-state index in [0.717, 1.165) is 12.3 Å². The Balaban J connectivity index is 1.88. The van der Waals surface area contributed by atoms with Crippen LogP contribution in [0, 0.1) is 0 Å². The Kier molecular flexibility index (Phi) is 3.61. The highest BCUT2D eigenvalue weighted by Crippen LogP contribution is 2.22. The standard InChI is InChI=1S/C11H12BrNOS/c1-8(10-3-2-6-14-10)13-7-9-4-5-11(12)15-9/h2-6,8,13H,7H2,1H3/t8-/m0/s1. The van der Waals surface area contributed by atoms with Crippen molar-refractivity contribution in [1.29, 1.82) is 0 Å². The lowest BCUT2D eigenvalue weighted by atomic mass is 10.2. The topological polar surface area (TPSA) is 25.2 Å². The minimum absolute atomic E-state index is 0.251. The summed E-state index contributed by atoms with van der Waals surface area (Å²) in [6, 6.07) is 8.34. The molecule has 0 aliphatic carbocycles. The highest BCUT2D eigenvalue weighted by atomic mass is 79.9. The number of hydrogen-bond donors (Lipinski definition) is 1. The van der Waals surface area contributed by atoms with Crippen LogP contribution in [-0.4, -0.2) is 0 Å². The van der Waals surface area contributed by atoms with Crippen molar-refractivity contribution in [3.05, 3.63) is 45.0 Å². The third kappa shape index (κ3) is 2.93. The molecule has 80 valence electrons. The Morgan fingerprint density at radius 1 is 1.47 bits per heavy atom. The fraction of sp³-hybridized carbons (Fsp3) is 0.273. The number of halogens is 1. The lowest BCUT2D eigenvalue weighted by Gasteiger charge is -2.09. The summed E-state index contributed by atoms with van der Waals surface area (Å²) < 4.78 is 6.49. The van der Waals surface area contributed by atoms with E-state index in [1.165, 1.54) is 8.66 Å². The maximum atomic E-state index is 5.32. The van der Waals surface area contributed by atoms with E-state index < -0.39 is 0 Å². The summed E-state index contributed by atoms with van der Waals surface area (Å²) in [5.41, 5.74) is 0. The van der Waals surface area contributed by atoms with Gasteiger partial charge in [0.25, 0.3) is 0 Å². The van der Waals surface area contributed by atoms with Gasteiger partial charge in [0.1, 0.15) is 5.76 Å². The first-order valence-electron chi connectivity index (χ1n) is 4.76. The van der Waals surface area contributed by atoms with Crippen molar-refractivity contribution >= 4 is 27.3 Å². The molecule has 0 aromatic carbocycles. The van der Waals surface area contributed by atoms with Gasteiger partial charge in [-0.05, 0) is 47.1 Å². The lowest BCUT2D eigenvalue weighted by molar-refractivity contribution is 0.431. The van der Waals surface area contributed by atoms with Crippen molar-refractivity contribution in [2.45, 2.75) is 19.5 Å². The average Bonchev–Trinajstić information content (AvgIpc) is 2.84. The molecule has 0 bridgehead atoms. The first-order chi connectivity index (χ1) is 7.25. The Morgan fingerprint density at radius 3 is 2.93 bits per heavy atom. The zero-order chi connectivity index (χ0) is 10.7. The van der Waals surface area contributed by atoms with Crippen molar-refractivity contribution < 1.29 is 4.42 Å². The van der Waals surface area contributed by atoms with Crippen LogP contribution >= 0.6 is 27.3 Å². The molecule has 2 nitrogen and oxygen atoms in total. The maximum absolute atomic E-state index is 5.32. The van der Waals surface area contributed by atoms with Crippen LogP contribution in [0.2, 0.25) is 0 Å². The van der Waals surface area contributed by atoms with Crippen molar-refractivity contribution in [3.8, 4) is 0 Å². The Labute approximate surface area is 101 Å². The van der Waals surface area contributed by atoms with Crippen LogP contribution in [-0.2, 0) is 6.54 Å². The van der Waals surface area contributed by atoms with Gasteiger partial charge in [0.15, 0.2) is 0 Å². The van der Waals surface area contributed by atoms with Crippen LogP contribution in [0.1, 0.15) is 23.6 Å². The summed E-state index contributed by atoms with van der Waals surface area (Å²) in [6.45, 7) is 2.97. The molecule has 0 radical (unpaired) electrons. The van der Waals surface area contributed by atoms with Gasteiger partial charge in [-0.25, -0.2) is 0 Å². The summed E-state index contributed by atoms with van der Waals surface area (Å²) in [6.07, 6.45) is 1.70. The largest absolute Gasteiger partial charge is 0.468 e. The molecule has 2 heterocycles. The molecule has 1 N–H and O–H groups in total. The fourth-order valence-electron chi connectivity index (χ4n) is 1.34. The predicted molar refractivity (Wildman–Crippen MR) is 66.0 cm³/mol. The van der Waals surface area contributed by atoms with Crippen molar-refractivity contribution in [3.63, 3.8) is 0 Å². The number of nitrogens with one attached hydrogen (secondary N) is 1. The molecular weight excluding hydrogens is 274 g/mol. The second kappa shape index (κ2) is 4.96. The molecular formula is C11H12BrNOS. The predicted octanol–water partition coefficient (Wildman–Crippen LogP) is 3.95. The van der Waals surface area contributed by atoms with E-state index in [2.05, 4.69) is 40.3 Å². The molecule has 4 heteroatoms. The van der Waals surface area contributed by atoms with E-state index >= 15 is 0 Å². The zero-order valence-electron chi connectivity index (χ0n) is 8.37. The molecule has 0 saturated heterocycles. The van der Waals surface area contributed by atoms with Gasteiger partial charge in [0.05, 0.1) is 16.1 Å². The summed E-state index contributed by atoms with van der Waals surface area (Å²) in [7, 11) is 0. The van der Waals surface area contributed by atoms with Crippen molar-refractivity contribution in [2.75, 3.05) is 0 Å². The van der Waals surface area contributed by atoms with Gasteiger partial charge >= 0.3 is 0 Å². The average molecular weight is 286 g/mol. The van der Waals surface area contributed by atoms with E-state index in [0.29, 0.717) is 0 Å². The summed E-state index contributed by atoms with van der Waals surface area (Å²) >= 11 is 5.20. The third-order valence-corrected chi connectivity index (χ3v) is 3.80. The Bertz CT molecular complexity index is 410. The zero-order valence-corrected chi connectivity index (χ0v) is 10.8. The quantitative estimate of drug-likeness (QED) is 0.920. The van der Waals surface area contributed by atoms with Gasteiger partial charge < -0.3 is 9.73 Å². The van der Waals surface area contributed by atoms with Crippen LogP contribution in [0.25, 0.3) is 0 Å². The van der Waals surface area contributed by atoms with E-state index in [-0.39, 0.29) is 6.04 Å². The maximum Gasteiger partial charge on any atom is 0.120 e. The van der Waals surface area contributed by atoms with Gasteiger partial charge in [-0.3, -0.25) is 0 Å². The minimum atomic E-state index is 0.251. The Hall–Kier alpha value is -0.580. The second-order valence-corrected chi connectivity index (χ2v) is 5.87. The van der Waals surface area contributed by atoms with Crippen LogP contribution in [0.3, 0.4) is 0 Å². The molecule has 15 heavy (non-hydrogen) atoms. The molecule has 2 aromatic heterocycles. The normalized spacial score (nSPS) is 12.9. The van der Waals surface area contributed by atoms with Crippen molar-refractivity contribution in [1.82, 2.24) is 5.32 Å². The first kappa shape index (κ1) is 10.9. The molecule has 1 atom stereocenters. The molecule has 0 aliphatic heterocycles. The Morgan fingerprint density at radius 2 is 2.33 bits per heavy atom. The smallest absolute Gasteiger partial charge is 0.120 e. The summed E-state index contributed by atoms with van der Waals surface area (Å²) in [5, 5.41) is 3.41. The highest BCUT2D eigenvalue weighted by Gasteiger charge is 2.07. The summed E-state index contributed by atoms with van der Waals surface area (Å²) in [4.78, 5) is 1.32. The molecule has 0 amide bonds. The third-order valence-electron chi connectivity index (χ3n) is 2.18. The molecule has 2 aromatic rings. The van der Waals surface area contributed by atoms with Crippen molar-refractivity contribution in [2.24, 2.45) is 0 Å². The van der Waals surface area contributed by atoms with E-state index in [9.17, 15) is 0 Å². The van der Waals surface area contributed by atoms with Gasteiger partial charge in [-0.2, -0.15) is 0 Å². The molecule has 0 unspecified atom stereocenters. The molecule has 0 spiro atoms. The molecule has 2 rings (SSSR count). The highest BCUT2D eigenvalue weighted by molar-refractivity contribution is 9.11.